The fourth-order valence-corrected chi connectivity index (χ4v) is 2.36. The highest BCUT2D eigenvalue weighted by molar-refractivity contribution is 7.46. The molecule has 0 aliphatic carbocycles. The Labute approximate surface area is 111 Å². The van der Waals surface area contributed by atoms with Crippen LogP contribution in [0, 0.1) is 13.8 Å². The normalized spacial score (nSPS) is 11.4. The van der Waals surface area contributed by atoms with E-state index in [1.54, 1.807) is 18.2 Å². The van der Waals surface area contributed by atoms with Crippen molar-refractivity contribution in [1.29, 1.82) is 0 Å². The van der Waals surface area contributed by atoms with Gasteiger partial charge in [-0.05, 0) is 36.6 Å². The van der Waals surface area contributed by atoms with E-state index in [0.29, 0.717) is 5.56 Å². The zero-order valence-corrected chi connectivity index (χ0v) is 11.6. The van der Waals surface area contributed by atoms with Crippen molar-refractivity contribution in [3.05, 3.63) is 53.6 Å². The Bertz CT molecular complexity index is 646. The number of para-hydroxylation sites is 1. The molecule has 100 valence electrons. The van der Waals surface area contributed by atoms with Crippen LogP contribution in [0.3, 0.4) is 0 Å². The lowest BCUT2D eigenvalue weighted by atomic mass is 9.96. The summed E-state index contributed by atoms with van der Waals surface area (Å²) >= 11 is 0. The molecule has 0 radical (unpaired) electrons. The van der Waals surface area contributed by atoms with Gasteiger partial charge in [0.25, 0.3) is 0 Å². The van der Waals surface area contributed by atoms with Crippen molar-refractivity contribution in [1.82, 2.24) is 0 Å². The van der Waals surface area contributed by atoms with Crippen LogP contribution in [0.15, 0.2) is 42.5 Å². The number of phosphoric ester groups is 1. The molecule has 0 saturated heterocycles. The number of hydrogen-bond donors (Lipinski definition) is 2. The van der Waals surface area contributed by atoms with E-state index in [2.05, 4.69) is 0 Å². The minimum Gasteiger partial charge on any atom is -0.404 e. The zero-order chi connectivity index (χ0) is 14.0. The molecular weight excluding hydrogens is 263 g/mol. The molecule has 0 heterocycles. The highest BCUT2D eigenvalue weighted by Gasteiger charge is 2.19. The monoisotopic (exact) mass is 278 g/mol. The molecule has 2 rings (SSSR count). The summed E-state index contributed by atoms with van der Waals surface area (Å²) in [6, 6.07) is 12.6. The lowest BCUT2D eigenvalue weighted by Crippen LogP contribution is -1.94. The second-order valence-corrected chi connectivity index (χ2v) is 5.49. The summed E-state index contributed by atoms with van der Waals surface area (Å²) in [5, 5.41) is 0. The van der Waals surface area contributed by atoms with Crippen molar-refractivity contribution in [2.45, 2.75) is 13.8 Å². The van der Waals surface area contributed by atoms with Gasteiger partial charge in [-0.15, -0.1) is 0 Å². The standard InChI is InChI=1S/C14H15O4P/c1-10-6-5-8-12(11(10)2)13-7-3-4-9-14(13)18-19(15,16)17/h3-9H,1-2H3,(H2,15,16,17). The van der Waals surface area contributed by atoms with Gasteiger partial charge in [0.2, 0.25) is 0 Å². The van der Waals surface area contributed by atoms with Gasteiger partial charge in [-0.1, -0.05) is 36.4 Å². The van der Waals surface area contributed by atoms with Crippen LogP contribution >= 0.6 is 7.82 Å². The smallest absolute Gasteiger partial charge is 0.404 e. The van der Waals surface area contributed by atoms with Crippen molar-refractivity contribution < 1.29 is 18.9 Å². The molecule has 4 nitrogen and oxygen atoms in total. The molecule has 2 aromatic carbocycles. The van der Waals surface area contributed by atoms with Crippen molar-refractivity contribution in [3.8, 4) is 16.9 Å². The molecule has 0 saturated carbocycles. The van der Waals surface area contributed by atoms with Gasteiger partial charge >= 0.3 is 7.82 Å². The SMILES string of the molecule is Cc1cccc(-c2ccccc2OP(=O)(O)O)c1C. The van der Waals surface area contributed by atoms with E-state index in [1.807, 2.05) is 38.1 Å². The molecule has 19 heavy (non-hydrogen) atoms. The maximum absolute atomic E-state index is 11.0. The molecule has 5 heteroatoms. The van der Waals surface area contributed by atoms with Gasteiger partial charge in [0, 0.05) is 5.56 Å². The van der Waals surface area contributed by atoms with Crippen LogP contribution in [0.1, 0.15) is 11.1 Å². The average molecular weight is 278 g/mol. The first kappa shape index (κ1) is 13.8. The molecule has 0 aliphatic heterocycles. The number of hydrogen-bond acceptors (Lipinski definition) is 2. The maximum Gasteiger partial charge on any atom is 0.524 e. The van der Waals surface area contributed by atoms with Gasteiger partial charge in [0.15, 0.2) is 0 Å². The Morgan fingerprint density at radius 2 is 1.58 bits per heavy atom. The van der Waals surface area contributed by atoms with Gasteiger partial charge < -0.3 is 4.52 Å². The number of benzene rings is 2. The molecule has 0 aliphatic rings. The van der Waals surface area contributed by atoms with Crippen molar-refractivity contribution in [2.75, 3.05) is 0 Å². The predicted octanol–water partition coefficient (Wildman–Crippen LogP) is 3.44. The molecule has 0 unspecified atom stereocenters. The maximum atomic E-state index is 11.0. The van der Waals surface area contributed by atoms with Crippen LogP contribution in [0.2, 0.25) is 0 Å². The lowest BCUT2D eigenvalue weighted by molar-refractivity contribution is 0.283. The third-order valence-corrected chi connectivity index (χ3v) is 3.43. The van der Waals surface area contributed by atoms with E-state index in [4.69, 9.17) is 14.3 Å². The lowest BCUT2D eigenvalue weighted by Gasteiger charge is -2.14. The van der Waals surface area contributed by atoms with Gasteiger partial charge in [0.1, 0.15) is 5.75 Å². The molecule has 0 atom stereocenters. The fourth-order valence-electron chi connectivity index (χ4n) is 1.94. The van der Waals surface area contributed by atoms with Crippen molar-refractivity contribution >= 4 is 7.82 Å². The van der Waals surface area contributed by atoms with Crippen LogP contribution in [-0.4, -0.2) is 9.79 Å². The second-order valence-electron chi connectivity index (χ2n) is 4.33. The van der Waals surface area contributed by atoms with Crippen molar-refractivity contribution in [2.24, 2.45) is 0 Å². The molecule has 2 aromatic rings. The summed E-state index contributed by atoms with van der Waals surface area (Å²) in [6.07, 6.45) is 0. The number of phosphoric acid groups is 1. The Morgan fingerprint density at radius 3 is 2.26 bits per heavy atom. The van der Waals surface area contributed by atoms with Crippen LogP contribution < -0.4 is 4.52 Å². The van der Waals surface area contributed by atoms with E-state index in [-0.39, 0.29) is 5.75 Å². The third-order valence-electron chi connectivity index (χ3n) is 3.00. The number of aryl methyl sites for hydroxylation is 1. The van der Waals surface area contributed by atoms with Gasteiger partial charge in [-0.2, -0.15) is 0 Å². The quantitative estimate of drug-likeness (QED) is 0.844. The predicted molar refractivity (Wildman–Crippen MR) is 74.0 cm³/mol. The molecule has 0 amide bonds. The molecule has 0 fully saturated rings. The summed E-state index contributed by atoms with van der Waals surface area (Å²) in [5.74, 6) is 0.185. The van der Waals surface area contributed by atoms with E-state index < -0.39 is 7.82 Å². The Morgan fingerprint density at radius 1 is 0.947 bits per heavy atom. The minimum absolute atomic E-state index is 0.185. The molecule has 0 spiro atoms. The highest BCUT2D eigenvalue weighted by atomic mass is 31.2. The van der Waals surface area contributed by atoms with Gasteiger partial charge in [0.05, 0.1) is 0 Å². The van der Waals surface area contributed by atoms with E-state index in [0.717, 1.165) is 16.7 Å². The first-order valence-corrected chi connectivity index (χ1v) is 7.32. The molecule has 0 bridgehead atoms. The topological polar surface area (TPSA) is 66.8 Å². The van der Waals surface area contributed by atoms with E-state index in [9.17, 15) is 4.57 Å². The second kappa shape index (κ2) is 5.17. The molecule has 0 aromatic heterocycles. The molecular formula is C14H15O4P. The summed E-state index contributed by atoms with van der Waals surface area (Å²) in [6.45, 7) is 3.96. The van der Waals surface area contributed by atoms with Crippen molar-refractivity contribution in [3.63, 3.8) is 0 Å². The first-order valence-electron chi connectivity index (χ1n) is 5.79. The third kappa shape index (κ3) is 3.24. The first-order chi connectivity index (χ1) is 8.88. The Balaban J connectivity index is 2.57. The summed E-state index contributed by atoms with van der Waals surface area (Å²) in [5.41, 5.74) is 3.75. The summed E-state index contributed by atoms with van der Waals surface area (Å²) < 4.78 is 15.8. The highest BCUT2D eigenvalue weighted by Crippen LogP contribution is 2.42. The van der Waals surface area contributed by atoms with Gasteiger partial charge in [-0.25, -0.2) is 4.57 Å². The summed E-state index contributed by atoms with van der Waals surface area (Å²) in [4.78, 5) is 17.9. The van der Waals surface area contributed by atoms with Crippen LogP contribution in [0.25, 0.3) is 11.1 Å². The zero-order valence-electron chi connectivity index (χ0n) is 10.7. The minimum atomic E-state index is -4.56. The van der Waals surface area contributed by atoms with Gasteiger partial charge in [-0.3, -0.25) is 9.79 Å². The van der Waals surface area contributed by atoms with E-state index >= 15 is 0 Å². The summed E-state index contributed by atoms with van der Waals surface area (Å²) in [7, 11) is -4.56. The largest absolute Gasteiger partial charge is 0.524 e. The number of rotatable bonds is 3. The molecule has 2 N–H and O–H groups in total. The van der Waals surface area contributed by atoms with Crippen LogP contribution in [-0.2, 0) is 4.57 Å². The average Bonchev–Trinajstić information content (AvgIpc) is 2.32. The Hall–Kier alpha value is -1.61. The Kier molecular flexibility index (Phi) is 3.76. The van der Waals surface area contributed by atoms with Crippen LogP contribution in [0.4, 0.5) is 0 Å². The van der Waals surface area contributed by atoms with Crippen LogP contribution in [0.5, 0.6) is 5.75 Å². The van der Waals surface area contributed by atoms with E-state index in [1.165, 1.54) is 0 Å². The fraction of sp³-hybridized carbons (Fsp3) is 0.143.